The van der Waals surface area contributed by atoms with E-state index in [4.69, 9.17) is 4.74 Å². The Hall–Kier alpha value is -4.51. The van der Waals surface area contributed by atoms with Crippen LogP contribution < -0.4 is 5.32 Å². The zero-order valence-corrected chi connectivity index (χ0v) is 25.2. The summed E-state index contributed by atoms with van der Waals surface area (Å²) in [6.07, 6.45) is 1.56. The lowest BCUT2D eigenvalue weighted by Gasteiger charge is -2.51. The first-order chi connectivity index (χ1) is 22.0. The maximum Gasteiger partial charge on any atom is 0.410 e. The first-order valence-corrected chi connectivity index (χ1v) is 15.2. The molecule has 0 saturated carbocycles. The monoisotopic (exact) mass is 633 g/mol. The Bertz CT molecular complexity index is 1850. The van der Waals surface area contributed by atoms with E-state index in [1.807, 2.05) is 11.8 Å². The van der Waals surface area contributed by atoms with Gasteiger partial charge in [0.2, 0.25) is 0 Å². The second-order valence-electron chi connectivity index (χ2n) is 12.6. The number of halogens is 4. The summed E-state index contributed by atoms with van der Waals surface area (Å²) in [6.45, 7) is 3.23. The smallest absolute Gasteiger partial charge is 0.410 e. The lowest BCUT2D eigenvalue weighted by molar-refractivity contribution is -0.147. The molecule has 3 aromatic carbocycles. The van der Waals surface area contributed by atoms with Crippen molar-refractivity contribution in [3.8, 4) is 0 Å². The van der Waals surface area contributed by atoms with Crippen LogP contribution in [0.4, 0.5) is 28.0 Å². The van der Waals surface area contributed by atoms with Gasteiger partial charge in [0.15, 0.2) is 5.78 Å². The molecule has 0 bridgehead atoms. The number of likely N-dealkylation sites (tertiary alicyclic amines) is 1. The fourth-order valence-corrected chi connectivity index (χ4v) is 8.86. The van der Waals surface area contributed by atoms with E-state index in [2.05, 4.69) is 5.32 Å². The molecule has 0 aliphatic carbocycles. The summed E-state index contributed by atoms with van der Waals surface area (Å²) in [6, 6.07) is 13.0. The number of ketones is 1. The van der Waals surface area contributed by atoms with E-state index in [1.54, 1.807) is 31.2 Å². The predicted octanol–water partition coefficient (Wildman–Crippen LogP) is 6.15. The molecule has 7 rings (SSSR count). The quantitative estimate of drug-likeness (QED) is 0.277. The molecule has 238 valence electrons. The van der Waals surface area contributed by atoms with Gasteiger partial charge in [-0.25, -0.2) is 22.4 Å². The second-order valence-corrected chi connectivity index (χ2v) is 12.6. The summed E-state index contributed by atoms with van der Waals surface area (Å²) in [5.74, 6) is -5.62. The molecule has 1 N–H and O–H groups in total. The standard InChI is InChI=1S/C35H31F4N3O4/c1-3-46-32(45)41-18-21(15-20-9-10-22(36)16-26(20)38)30(43)34(19-41)29(24-12-11-23(37)17-27(24)39)33(2)13-6-14-42(33)35(34)25-7-4-5-8-28(25)40-31(35)44/h4-5,7-12,15-17,29H,3,6,13-14,18-19H2,1-2H3,(H,40,44)/b21-15+/t29-,33-,34-,35-/m1/s1. The van der Waals surface area contributed by atoms with Crippen LogP contribution in [0.3, 0.4) is 0 Å². The number of anilines is 1. The highest BCUT2D eigenvalue weighted by Gasteiger charge is 2.82. The molecule has 4 heterocycles. The van der Waals surface area contributed by atoms with Gasteiger partial charge in [-0.2, -0.15) is 0 Å². The zero-order chi connectivity index (χ0) is 32.6. The molecule has 11 heteroatoms. The normalized spacial score (nSPS) is 29.5. The van der Waals surface area contributed by atoms with Gasteiger partial charge < -0.3 is 15.0 Å². The minimum absolute atomic E-state index is 0.0102. The molecule has 0 aromatic heterocycles. The largest absolute Gasteiger partial charge is 0.450 e. The van der Waals surface area contributed by atoms with Crippen LogP contribution in [0, 0.1) is 28.7 Å². The van der Waals surface area contributed by atoms with E-state index in [0.29, 0.717) is 36.7 Å². The predicted molar refractivity (Wildman–Crippen MR) is 161 cm³/mol. The Morgan fingerprint density at radius 3 is 2.46 bits per heavy atom. The van der Waals surface area contributed by atoms with Crippen LogP contribution in [-0.4, -0.2) is 59.4 Å². The topological polar surface area (TPSA) is 79.0 Å². The molecule has 4 atom stereocenters. The fourth-order valence-electron chi connectivity index (χ4n) is 8.86. The van der Waals surface area contributed by atoms with Gasteiger partial charge in [-0.05, 0) is 62.6 Å². The Morgan fingerprint density at radius 1 is 1.02 bits per heavy atom. The maximum absolute atomic E-state index is 16.1. The van der Waals surface area contributed by atoms with Crippen molar-refractivity contribution in [2.45, 2.75) is 43.7 Å². The van der Waals surface area contributed by atoms with Crippen molar-refractivity contribution >= 4 is 29.5 Å². The average Bonchev–Trinajstić information content (AvgIpc) is 3.59. The molecule has 3 fully saturated rings. The Balaban J connectivity index is 1.59. The number of amides is 2. The molecular formula is C35H31F4N3O4. The molecule has 0 unspecified atom stereocenters. The van der Waals surface area contributed by atoms with Crippen LogP contribution in [0.2, 0.25) is 0 Å². The SMILES string of the molecule is CCOC(=O)N1C/C(=C\c2ccc(F)cc2F)C(=O)[C@@]2(C1)[C@H](c1ccc(F)cc1F)[C@@]1(C)CCCN1[C@]21C(=O)Nc2ccccc21. The van der Waals surface area contributed by atoms with Gasteiger partial charge in [0.05, 0.1) is 18.6 Å². The Labute approximate surface area is 262 Å². The minimum atomic E-state index is -1.90. The molecular weight excluding hydrogens is 602 g/mol. The number of carbonyl (C=O) groups excluding carboxylic acids is 3. The van der Waals surface area contributed by atoms with Crippen molar-refractivity contribution < 1.29 is 36.7 Å². The van der Waals surface area contributed by atoms with E-state index in [1.165, 1.54) is 23.1 Å². The lowest BCUT2D eigenvalue weighted by atomic mass is 9.53. The number of hydrogen-bond donors (Lipinski definition) is 1. The summed E-state index contributed by atoms with van der Waals surface area (Å²) < 4.78 is 64.8. The Morgan fingerprint density at radius 2 is 1.74 bits per heavy atom. The van der Waals surface area contributed by atoms with Gasteiger partial charge in [0.1, 0.15) is 28.8 Å². The van der Waals surface area contributed by atoms with E-state index in [-0.39, 0.29) is 36.4 Å². The number of fused-ring (bicyclic) bond motifs is 5. The van der Waals surface area contributed by atoms with Crippen LogP contribution in [0.25, 0.3) is 6.08 Å². The van der Waals surface area contributed by atoms with Gasteiger partial charge in [-0.15, -0.1) is 0 Å². The van der Waals surface area contributed by atoms with Crippen LogP contribution in [0.1, 0.15) is 49.3 Å². The van der Waals surface area contributed by atoms with Gasteiger partial charge in [0.25, 0.3) is 5.91 Å². The van der Waals surface area contributed by atoms with E-state index in [9.17, 15) is 18.4 Å². The number of para-hydroxylation sites is 1. The number of hydrogen-bond acceptors (Lipinski definition) is 5. The number of nitrogens with zero attached hydrogens (tertiary/aromatic N) is 2. The second kappa shape index (κ2) is 10.5. The number of ether oxygens (including phenoxy) is 1. The van der Waals surface area contributed by atoms with Crippen LogP contribution in [0.5, 0.6) is 0 Å². The number of carbonyl (C=O) groups is 3. The highest BCUT2D eigenvalue weighted by atomic mass is 19.1. The first-order valence-electron chi connectivity index (χ1n) is 15.2. The third-order valence-corrected chi connectivity index (χ3v) is 10.3. The fraction of sp³-hybridized carbons (Fsp3) is 0.343. The molecule has 4 aliphatic heterocycles. The highest BCUT2D eigenvalue weighted by Crippen LogP contribution is 2.72. The third kappa shape index (κ3) is 3.90. The summed E-state index contributed by atoms with van der Waals surface area (Å²) in [4.78, 5) is 47.0. The van der Waals surface area contributed by atoms with Crippen molar-refractivity contribution in [1.29, 1.82) is 0 Å². The van der Waals surface area contributed by atoms with Gasteiger partial charge in [-0.3, -0.25) is 14.5 Å². The van der Waals surface area contributed by atoms with E-state index < -0.39 is 63.5 Å². The van der Waals surface area contributed by atoms with Crippen molar-refractivity contribution in [2.24, 2.45) is 5.41 Å². The lowest BCUT2D eigenvalue weighted by Crippen LogP contribution is -2.66. The number of rotatable bonds is 3. The molecule has 4 aliphatic rings. The Kier molecular flexibility index (Phi) is 6.89. The van der Waals surface area contributed by atoms with Crippen molar-refractivity contribution in [3.05, 3.63) is 106 Å². The first kappa shape index (κ1) is 30.2. The molecule has 2 spiro atoms. The van der Waals surface area contributed by atoms with Gasteiger partial charge in [-0.1, -0.05) is 24.3 Å². The molecule has 7 nitrogen and oxygen atoms in total. The van der Waals surface area contributed by atoms with E-state index >= 15 is 13.6 Å². The average molecular weight is 634 g/mol. The van der Waals surface area contributed by atoms with Crippen LogP contribution in [-0.2, 0) is 19.9 Å². The number of benzene rings is 3. The molecule has 0 radical (unpaired) electrons. The summed E-state index contributed by atoms with van der Waals surface area (Å²) in [5.41, 5.74) is -3.83. The van der Waals surface area contributed by atoms with Crippen molar-refractivity contribution in [2.75, 3.05) is 31.6 Å². The number of piperidine rings is 1. The third-order valence-electron chi connectivity index (χ3n) is 10.3. The molecule has 3 aromatic rings. The van der Waals surface area contributed by atoms with E-state index in [0.717, 1.165) is 18.2 Å². The summed E-state index contributed by atoms with van der Waals surface area (Å²) >= 11 is 0. The zero-order valence-electron chi connectivity index (χ0n) is 25.2. The number of nitrogens with one attached hydrogen (secondary N) is 1. The summed E-state index contributed by atoms with van der Waals surface area (Å²) in [7, 11) is 0. The molecule has 2 amide bonds. The minimum Gasteiger partial charge on any atom is -0.450 e. The van der Waals surface area contributed by atoms with Crippen LogP contribution in [0.15, 0.2) is 66.2 Å². The van der Waals surface area contributed by atoms with Crippen molar-refractivity contribution in [3.63, 3.8) is 0 Å². The van der Waals surface area contributed by atoms with Gasteiger partial charge in [0, 0.05) is 59.1 Å². The van der Waals surface area contributed by atoms with Crippen molar-refractivity contribution in [1.82, 2.24) is 9.80 Å². The number of Topliss-reactive ketones (excluding diaryl/α,β-unsaturated/α-hetero) is 1. The van der Waals surface area contributed by atoms with Gasteiger partial charge >= 0.3 is 6.09 Å². The molecule has 46 heavy (non-hydrogen) atoms. The summed E-state index contributed by atoms with van der Waals surface area (Å²) in [5, 5.41) is 2.95. The highest BCUT2D eigenvalue weighted by molar-refractivity contribution is 6.16. The maximum atomic E-state index is 16.1. The molecule has 3 saturated heterocycles. The van der Waals surface area contributed by atoms with Crippen LogP contribution >= 0.6 is 0 Å².